The van der Waals surface area contributed by atoms with Crippen molar-refractivity contribution in [3.05, 3.63) is 115 Å². The van der Waals surface area contributed by atoms with Crippen molar-refractivity contribution in [2.75, 3.05) is 27.2 Å². The third-order valence-corrected chi connectivity index (χ3v) is 16.1. The Kier molecular flexibility index (Phi) is 27.8. The van der Waals surface area contributed by atoms with Crippen molar-refractivity contribution >= 4 is 49.6 Å². The molecule has 0 fully saturated rings. The maximum atomic E-state index is 13.6. The highest BCUT2D eigenvalue weighted by Gasteiger charge is 2.17. The van der Waals surface area contributed by atoms with Gasteiger partial charge in [0.15, 0.2) is 10.9 Å². The lowest BCUT2D eigenvalue weighted by Gasteiger charge is -2.30. The number of pyridine rings is 2. The maximum Gasteiger partial charge on any atom is 0.197 e. The molecule has 0 aliphatic heterocycles. The molecular weight excluding hydrogens is 923 g/mol. The fourth-order valence-corrected chi connectivity index (χ4v) is 11.3. The van der Waals surface area contributed by atoms with E-state index in [0.717, 1.165) is 27.7 Å². The van der Waals surface area contributed by atoms with Crippen molar-refractivity contribution in [1.82, 2.24) is 9.55 Å². The number of carbonyl (C=O) groups is 1. The van der Waals surface area contributed by atoms with E-state index in [1.54, 1.807) is 24.3 Å². The Morgan fingerprint density at radius 1 is 0.440 bits per heavy atom. The van der Waals surface area contributed by atoms with Crippen LogP contribution in [0.25, 0.3) is 43.6 Å². The number of aromatic carboxylic acids is 1. The van der Waals surface area contributed by atoms with E-state index in [9.17, 15) is 19.5 Å². The van der Waals surface area contributed by atoms with Crippen molar-refractivity contribution < 1.29 is 14.4 Å². The second kappa shape index (κ2) is 34.1. The van der Waals surface area contributed by atoms with Gasteiger partial charge in [-0.1, -0.05) is 241 Å². The van der Waals surface area contributed by atoms with Crippen LogP contribution in [0.1, 0.15) is 246 Å². The number of unbranched alkanes of at least 4 members (excludes halogenated alkanes) is 30. The highest BCUT2D eigenvalue weighted by atomic mass is 16.4. The topological polar surface area (TPSA) is 95.0 Å². The molecule has 7 nitrogen and oxygen atoms in total. The largest absolute Gasteiger partial charge is 0.545 e. The van der Waals surface area contributed by atoms with Crippen LogP contribution in [0.5, 0.6) is 0 Å². The summed E-state index contributed by atoms with van der Waals surface area (Å²) in [6.07, 6.45) is 46.9. The first-order valence-corrected chi connectivity index (χ1v) is 30.6. The second-order valence-electron chi connectivity index (χ2n) is 23.3. The normalized spacial score (nSPS) is 11.8. The van der Waals surface area contributed by atoms with Crippen LogP contribution < -0.4 is 16.0 Å². The molecule has 1 N–H and O–H groups in total. The molecular formula is C68H101N3O4. The summed E-state index contributed by atoms with van der Waals surface area (Å²) in [6, 6.07) is 21.5. The van der Waals surface area contributed by atoms with Crippen molar-refractivity contribution in [3.63, 3.8) is 0 Å². The van der Waals surface area contributed by atoms with E-state index in [1.165, 1.54) is 235 Å². The third kappa shape index (κ3) is 21.3. The van der Waals surface area contributed by atoms with Gasteiger partial charge in [0, 0.05) is 33.6 Å². The lowest BCUT2D eigenvalue weighted by atomic mass is 10.0. The first-order valence-electron chi connectivity index (χ1n) is 30.6. The lowest BCUT2D eigenvalue weighted by molar-refractivity contribution is -0.890. The summed E-state index contributed by atoms with van der Waals surface area (Å²) in [5.74, 6) is -1.23. The molecule has 0 saturated heterocycles. The molecule has 2 aromatic heterocycles. The number of fused-ring (bicyclic) bond motifs is 4. The number of nitrogens with zero attached hydrogens (tertiary/aromatic N) is 2. The van der Waals surface area contributed by atoms with E-state index in [1.807, 2.05) is 54.8 Å². The zero-order valence-corrected chi connectivity index (χ0v) is 48.2. The molecule has 0 unspecified atom stereocenters. The van der Waals surface area contributed by atoms with E-state index in [0.29, 0.717) is 39.1 Å². The number of aryl methyl sites for hydroxylation is 2. The number of carboxylic acid groups (broad SMARTS) is 1. The molecule has 0 spiro atoms. The Morgan fingerprint density at radius 2 is 0.813 bits per heavy atom. The summed E-state index contributed by atoms with van der Waals surface area (Å²) in [6.45, 7) is 11.7. The number of hydrogen-bond donors (Lipinski definition) is 1. The van der Waals surface area contributed by atoms with Crippen LogP contribution in [0.4, 0.5) is 0 Å². The van der Waals surface area contributed by atoms with E-state index < -0.39 is 5.97 Å². The number of carbonyl (C=O) groups excluding carboxylic acids is 1. The molecule has 75 heavy (non-hydrogen) atoms. The van der Waals surface area contributed by atoms with Crippen molar-refractivity contribution in [2.24, 2.45) is 0 Å². The molecule has 0 aliphatic rings. The molecule has 0 aliphatic carbocycles. The molecule has 7 heteroatoms. The molecule has 0 saturated carbocycles. The van der Waals surface area contributed by atoms with Crippen LogP contribution in [-0.4, -0.2) is 47.2 Å². The van der Waals surface area contributed by atoms with Gasteiger partial charge in [0.25, 0.3) is 0 Å². The van der Waals surface area contributed by atoms with E-state index >= 15 is 0 Å². The number of hydrogen-bond acceptors (Lipinski definition) is 4. The number of nitrogens with one attached hydrogen (secondary N) is 1. The van der Waals surface area contributed by atoms with Crippen LogP contribution in [0, 0.1) is 13.8 Å². The Labute approximate surface area is 453 Å². The molecule has 412 valence electrons. The number of aromatic nitrogens is 2. The SMILES string of the molecule is CCCCCCCCCCCCCCCCCC[N+](C)(C)CCCCCCCCCCCCCCCCCC.Cc1ccc2[nH]c3cc4c(=O)c5cc(C)ccc5n(Cc5ccc(C(=O)[O-])cc5)c4cc3c(=O)c2c1. The lowest BCUT2D eigenvalue weighted by Crippen LogP contribution is -2.41. The number of quaternary nitrogens is 1. The predicted octanol–water partition coefficient (Wildman–Crippen LogP) is 17.8. The number of aromatic amines is 1. The first-order chi connectivity index (χ1) is 36.4. The first kappa shape index (κ1) is 61.1. The molecule has 0 radical (unpaired) electrons. The highest BCUT2D eigenvalue weighted by Crippen LogP contribution is 2.27. The summed E-state index contributed by atoms with van der Waals surface area (Å²) in [7, 11) is 4.94. The Morgan fingerprint density at radius 3 is 1.25 bits per heavy atom. The van der Waals surface area contributed by atoms with Gasteiger partial charge in [0.1, 0.15) is 0 Å². The van der Waals surface area contributed by atoms with Crippen molar-refractivity contribution in [3.8, 4) is 0 Å². The quantitative estimate of drug-likeness (QED) is 0.0239. The fourth-order valence-electron chi connectivity index (χ4n) is 11.3. The van der Waals surface area contributed by atoms with Crippen LogP contribution in [0.15, 0.2) is 82.4 Å². The van der Waals surface area contributed by atoms with Crippen LogP contribution >= 0.6 is 0 Å². The monoisotopic (exact) mass is 1020 g/mol. The van der Waals surface area contributed by atoms with E-state index in [4.69, 9.17) is 0 Å². The molecule has 6 rings (SSSR count). The summed E-state index contributed by atoms with van der Waals surface area (Å²) in [5, 5.41) is 13.4. The minimum Gasteiger partial charge on any atom is -0.545 e. The fraction of sp³-hybridized carbons (Fsp3) is 0.603. The van der Waals surface area contributed by atoms with Gasteiger partial charge >= 0.3 is 0 Å². The zero-order chi connectivity index (χ0) is 53.7. The van der Waals surface area contributed by atoms with Gasteiger partial charge in [0.2, 0.25) is 0 Å². The van der Waals surface area contributed by atoms with Gasteiger partial charge in [-0.15, -0.1) is 0 Å². The third-order valence-electron chi connectivity index (χ3n) is 16.1. The van der Waals surface area contributed by atoms with Gasteiger partial charge in [-0.05, 0) is 87.1 Å². The Hall–Kier alpha value is -4.75. The Balaban J connectivity index is 0.000000277. The van der Waals surface area contributed by atoms with E-state index in [-0.39, 0.29) is 16.4 Å². The summed E-state index contributed by atoms with van der Waals surface area (Å²) < 4.78 is 3.26. The summed E-state index contributed by atoms with van der Waals surface area (Å²) in [5.41, 5.74) is 5.45. The Bertz CT molecular complexity index is 2670. The molecule has 2 heterocycles. The van der Waals surface area contributed by atoms with Gasteiger partial charge in [-0.25, -0.2) is 0 Å². The minimum absolute atomic E-state index is 0.0920. The van der Waals surface area contributed by atoms with Gasteiger partial charge in [0.05, 0.1) is 49.7 Å². The summed E-state index contributed by atoms with van der Waals surface area (Å²) >= 11 is 0. The van der Waals surface area contributed by atoms with Gasteiger partial charge in [-0.2, -0.15) is 0 Å². The molecule has 4 aromatic carbocycles. The number of benzene rings is 4. The van der Waals surface area contributed by atoms with Crippen molar-refractivity contribution in [2.45, 2.75) is 240 Å². The second-order valence-corrected chi connectivity index (χ2v) is 23.3. The number of rotatable bonds is 37. The van der Waals surface area contributed by atoms with Gasteiger partial charge in [-0.3, -0.25) is 9.59 Å². The van der Waals surface area contributed by atoms with Crippen molar-refractivity contribution in [1.29, 1.82) is 0 Å². The predicted molar refractivity (Wildman–Crippen MR) is 322 cm³/mol. The van der Waals surface area contributed by atoms with E-state index in [2.05, 4.69) is 32.9 Å². The number of carboxylic acids is 1. The average Bonchev–Trinajstić information content (AvgIpc) is 3.40. The van der Waals surface area contributed by atoms with Gasteiger partial charge < -0.3 is 23.9 Å². The molecule has 6 aromatic rings. The minimum atomic E-state index is -1.23. The van der Waals surface area contributed by atoms with Crippen LogP contribution in [0.2, 0.25) is 0 Å². The zero-order valence-electron chi connectivity index (χ0n) is 48.2. The van der Waals surface area contributed by atoms with Crippen LogP contribution in [-0.2, 0) is 6.54 Å². The molecule has 0 atom stereocenters. The molecule has 0 bridgehead atoms. The average molecular weight is 1020 g/mol. The number of H-pyrrole nitrogens is 1. The smallest absolute Gasteiger partial charge is 0.197 e. The van der Waals surface area contributed by atoms with Crippen LogP contribution in [0.3, 0.4) is 0 Å². The standard InChI is InChI=1S/C38H80N.C30H22N2O4/c1-5-7-9-11-13-15-17-19-21-23-25-27-29-31-33-35-37-39(3,4)38-36-34-32-30-28-26-24-22-20-18-16-14-12-10-8-6-2;1-16-3-9-24-20(11-16)28(33)21-14-27-23(13-25(21)31-24)29(34)22-12-17(2)4-10-26(22)32(27)15-18-5-7-19(8-6-18)30(35)36/h5-38H2,1-4H3;3-14H,15H2,1-2H3,(H,31,33)(H,35,36)/q+1;/p-1. The highest BCUT2D eigenvalue weighted by molar-refractivity contribution is 6.03. The summed E-state index contributed by atoms with van der Waals surface area (Å²) in [4.78, 5) is 41.6. The maximum absolute atomic E-state index is 13.6. The molecule has 0 amide bonds.